The van der Waals surface area contributed by atoms with E-state index in [0.29, 0.717) is 30.2 Å². The molecule has 0 spiro atoms. The minimum absolute atomic E-state index is 0.0296. The first-order valence-corrected chi connectivity index (χ1v) is 15.2. The van der Waals surface area contributed by atoms with E-state index in [-0.39, 0.29) is 44.9 Å². The van der Waals surface area contributed by atoms with Crippen LogP contribution in [0.5, 0.6) is 5.75 Å². The van der Waals surface area contributed by atoms with E-state index in [1.165, 1.54) is 36.3 Å². The summed E-state index contributed by atoms with van der Waals surface area (Å²) in [6.07, 6.45) is -1.30. The lowest BCUT2D eigenvalue weighted by atomic mass is 9.97. The van der Waals surface area contributed by atoms with Crippen molar-refractivity contribution < 1.29 is 27.5 Å². The van der Waals surface area contributed by atoms with E-state index < -0.39 is 17.6 Å². The maximum absolute atomic E-state index is 14.4. The Balaban J connectivity index is 1.40. The van der Waals surface area contributed by atoms with Crippen LogP contribution in [-0.2, 0) is 25.8 Å². The Hall–Kier alpha value is -4.80. The Morgan fingerprint density at radius 3 is 2.45 bits per heavy atom. The number of carbonyl (C=O) groups is 2. The zero-order chi connectivity index (χ0) is 33.5. The van der Waals surface area contributed by atoms with Gasteiger partial charge in [-0.15, -0.1) is 0 Å². The molecule has 1 aliphatic heterocycles. The lowest BCUT2D eigenvalue weighted by Gasteiger charge is -2.25. The summed E-state index contributed by atoms with van der Waals surface area (Å²) in [4.78, 5) is 35.3. The van der Waals surface area contributed by atoms with Crippen LogP contribution < -0.4 is 9.64 Å². The first-order valence-electron chi connectivity index (χ1n) is 14.4. The number of hydrogen-bond acceptors (Lipinski definition) is 4. The molecule has 0 N–H and O–H groups in total. The van der Waals surface area contributed by atoms with Crippen LogP contribution in [0.1, 0.15) is 43.2 Å². The molecule has 0 atom stereocenters. The van der Waals surface area contributed by atoms with Gasteiger partial charge in [0.1, 0.15) is 5.69 Å². The summed E-state index contributed by atoms with van der Waals surface area (Å²) in [6.45, 7) is 0.752. The molecule has 240 valence electrons. The molecule has 3 heterocycles. The number of para-hydroxylation sites is 1. The number of carbonyl (C=O) groups excluding carboxylic acids is 2. The fourth-order valence-corrected chi connectivity index (χ4v) is 6.60. The number of alkyl halides is 3. The SMILES string of the molecule is COc1c(C(=O)N2Cc3ccc(C(=O)N(C)Cc4cccnc4)n3Cc3ccccc32)cc(Cl)c(-c2ccccc2C(F)(F)F)c1Cl. The number of rotatable bonds is 6. The van der Waals surface area contributed by atoms with Crippen LogP contribution in [0.4, 0.5) is 18.9 Å². The van der Waals surface area contributed by atoms with E-state index in [2.05, 4.69) is 4.98 Å². The van der Waals surface area contributed by atoms with Crippen molar-refractivity contribution in [1.82, 2.24) is 14.5 Å². The number of methoxy groups -OCH3 is 1. The predicted molar refractivity (Wildman–Crippen MR) is 174 cm³/mol. The lowest BCUT2D eigenvalue weighted by molar-refractivity contribution is -0.137. The Morgan fingerprint density at radius 2 is 1.72 bits per heavy atom. The molecule has 1 aliphatic rings. The molecule has 0 saturated carbocycles. The molecule has 2 amide bonds. The van der Waals surface area contributed by atoms with E-state index >= 15 is 0 Å². The van der Waals surface area contributed by atoms with Crippen molar-refractivity contribution in [1.29, 1.82) is 0 Å². The van der Waals surface area contributed by atoms with Crippen molar-refractivity contribution in [3.63, 3.8) is 0 Å². The van der Waals surface area contributed by atoms with Crippen molar-refractivity contribution in [2.24, 2.45) is 0 Å². The molecule has 0 bridgehead atoms. The zero-order valence-electron chi connectivity index (χ0n) is 25.2. The summed E-state index contributed by atoms with van der Waals surface area (Å²) < 4.78 is 49.2. The highest BCUT2D eigenvalue weighted by atomic mass is 35.5. The molecule has 0 radical (unpaired) electrons. The zero-order valence-corrected chi connectivity index (χ0v) is 26.7. The van der Waals surface area contributed by atoms with Gasteiger partial charge in [-0.2, -0.15) is 13.2 Å². The fourth-order valence-electron chi connectivity index (χ4n) is 5.86. The van der Waals surface area contributed by atoms with Crippen LogP contribution in [-0.4, -0.2) is 40.4 Å². The van der Waals surface area contributed by atoms with Crippen LogP contribution in [0.15, 0.2) is 91.3 Å². The molecule has 6 rings (SSSR count). The standard InChI is InChI=1S/C35H27Cl2F3N4O3/c1-42(18-21-8-7-15-41-17-21)34(46)29-14-13-23-20-44(28-12-6-3-9-22(28)19-43(23)29)33(45)25-16-27(36)30(31(37)32(25)47-2)24-10-4-5-11-26(24)35(38,39)40/h3-17H,18-20H2,1-2H3. The summed E-state index contributed by atoms with van der Waals surface area (Å²) in [5.74, 6) is -0.852. The highest BCUT2D eigenvalue weighted by Gasteiger charge is 2.36. The van der Waals surface area contributed by atoms with Gasteiger partial charge >= 0.3 is 6.18 Å². The van der Waals surface area contributed by atoms with E-state index in [4.69, 9.17) is 27.9 Å². The van der Waals surface area contributed by atoms with Crippen LogP contribution in [0, 0.1) is 0 Å². The number of benzene rings is 3. The molecule has 0 fully saturated rings. The second-order valence-electron chi connectivity index (χ2n) is 11.0. The molecule has 3 aromatic carbocycles. The van der Waals surface area contributed by atoms with Crippen molar-refractivity contribution >= 4 is 40.7 Å². The average molecular weight is 680 g/mol. The largest absolute Gasteiger partial charge is 0.494 e. The van der Waals surface area contributed by atoms with E-state index in [1.54, 1.807) is 48.6 Å². The van der Waals surface area contributed by atoms with Crippen LogP contribution in [0.2, 0.25) is 10.0 Å². The summed E-state index contributed by atoms with van der Waals surface area (Å²) in [6, 6.07) is 20.7. The molecule has 0 aliphatic carbocycles. The Bertz CT molecular complexity index is 2000. The van der Waals surface area contributed by atoms with Gasteiger partial charge in [0.2, 0.25) is 0 Å². The van der Waals surface area contributed by atoms with Gasteiger partial charge in [0.15, 0.2) is 5.75 Å². The van der Waals surface area contributed by atoms with Gasteiger partial charge in [0, 0.05) is 42.9 Å². The van der Waals surface area contributed by atoms with Crippen molar-refractivity contribution in [3.8, 4) is 16.9 Å². The molecule has 2 aromatic heterocycles. The topological polar surface area (TPSA) is 67.7 Å². The van der Waals surface area contributed by atoms with E-state index in [1.807, 2.05) is 28.8 Å². The Labute approximate surface area is 278 Å². The first-order chi connectivity index (χ1) is 22.5. The van der Waals surface area contributed by atoms with Gasteiger partial charge in [-0.3, -0.25) is 14.6 Å². The van der Waals surface area contributed by atoms with Crippen molar-refractivity contribution in [2.75, 3.05) is 19.1 Å². The second-order valence-corrected chi connectivity index (χ2v) is 11.8. The molecule has 0 unspecified atom stereocenters. The predicted octanol–water partition coefficient (Wildman–Crippen LogP) is 8.37. The third-order valence-electron chi connectivity index (χ3n) is 8.07. The maximum Gasteiger partial charge on any atom is 0.417 e. The second kappa shape index (κ2) is 12.8. The number of amides is 2. The molecular weight excluding hydrogens is 652 g/mol. The number of hydrogen-bond donors (Lipinski definition) is 0. The van der Waals surface area contributed by atoms with Crippen molar-refractivity contribution in [3.05, 3.63) is 135 Å². The van der Waals surface area contributed by atoms with Gasteiger partial charge in [0.25, 0.3) is 11.8 Å². The summed E-state index contributed by atoms with van der Waals surface area (Å²) in [7, 11) is 3.00. The minimum atomic E-state index is -4.68. The molecule has 5 aromatic rings. The van der Waals surface area contributed by atoms with Gasteiger partial charge < -0.3 is 19.1 Å². The summed E-state index contributed by atoms with van der Waals surface area (Å²) in [5.41, 5.74) is 2.09. The summed E-state index contributed by atoms with van der Waals surface area (Å²) >= 11 is 13.3. The quantitative estimate of drug-likeness (QED) is 0.181. The summed E-state index contributed by atoms with van der Waals surface area (Å²) in [5, 5.41) is -0.372. The average Bonchev–Trinajstić information content (AvgIpc) is 3.36. The fraction of sp³-hybridized carbons (Fsp3) is 0.171. The smallest absolute Gasteiger partial charge is 0.417 e. The third kappa shape index (κ3) is 6.06. The maximum atomic E-state index is 14.4. The third-order valence-corrected chi connectivity index (χ3v) is 8.72. The van der Waals surface area contributed by atoms with Crippen LogP contribution in [0.3, 0.4) is 0 Å². The van der Waals surface area contributed by atoms with Gasteiger partial charge in [-0.25, -0.2) is 0 Å². The Morgan fingerprint density at radius 1 is 0.979 bits per heavy atom. The van der Waals surface area contributed by atoms with Crippen LogP contribution >= 0.6 is 23.2 Å². The number of pyridine rings is 1. The highest BCUT2D eigenvalue weighted by molar-refractivity contribution is 6.41. The number of fused-ring (bicyclic) bond motifs is 2. The minimum Gasteiger partial charge on any atom is -0.494 e. The molecule has 12 heteroatoms. The molecular formula is C35H27Cl2F3N4O3. The molecule has 47 heavy (non-hydrogen) atoms. The Kier molecular flexibility index (Phi) is 8.74. The number of anilines is 1. The van der Waals surface area contributed by atoms with E-state index in [9.17, 15) is 22.8 Å². The normalized spacial score (nSPS) is 12.6. The van der Waals surface area contributed by atoms with Crippen molar-refractivity contribution in [2.45, 2.75) is 25.8 Å². The number of ether oxygens (including phenoxy) is 1. The first kappa shape index (κ1) is 32.2. The number of aromatic nitrogens is 2. The number of nitrogens with zero attached hydrogens (tertiary/aromatic N) is 4. The highest BCUT2D eigenvalue weighted by Crippen LogP contribution is 2.47. The lowest BCUT2D eigenvalue weighted by Crippen LogP contribution is -2.31. The van der Waals surface area contributed by atoms with Gasteiger partial charge in [-0.05, 0) is 53.1 Å². The number of halogens is 5. The van der Waals surface area contributed by atoms with Crippen LogP contribution in [0.25, 0.3) is 11.1 Å². The molecule has 7 nitrogen and oxygen atoms in total. The van der Waals surface area contributed by atoms with E-state index in [0.717, 1.165) is 17.2 Å². The molecule has 0 saturated heterocycles. The monoisotopic (exact) mass is 678 g/mol. The van der Waals surface area contributed by atoms with Gasteiger partial charge in [0.05, 0.1) is 41.4 Å². The van der Waals surface area contributed by atoms with Gasteiger partial charge in [-0.1, -0.05) is 65.7 Å².